The lowest BCUT2D eigenvalue weighted by Gasteiger charge is -2.12. The molecular weight excluding hydrogens is 130 g/mol. The Morgan fingerprint density at radius 2 is 2.38 bits per heavy atom. The zero-order valence-electron chi connectivity index (χ0n) is 4.66. The molecule has 1 fully saturated rings. The molecule has 0 spiro atoms. The Kier molecular flexibility index (Phi) is 1.48. The average Bonchev–Trinajstić information content (AvgIpc) is 1.86. The number of halogens is 2. The summed E-state index contributed by atoms with van der Waals surface area (Å²) in [4.78, 5) is 0. The van der Waals surface area contributed by atoms with Gasteiger partial charge in [-0.25, -0.2) is 8.78 Å². The van der Waals surface area contributed by atoms with E-state index in [0.29, 0.717) is 12.2 Å². The Bertz CT molecular complexity index is 92.4. The van der Waals surface area contributed by atoms with Gasteiger partial charge in [0.2, 0.25) is 0 Å². The van der Waals surface area contributed by atoms with Crippen molar-refractivity contribution in [1.82, 2.24) is 0 Å². The molecule has 0 aliphatic carbocycles. The average molecular weight is 138 g/mol. The topological polar surface area (TPSA) is 0 Å². The van der Waals surface area contributed by atoms with E-state index in [4.69, 9.17) is 0 Å². The van der Waals surface area contributed by atoms with Crippen molar-refractivity contribution in [2.45, 2.75) is 24.5 Å². The van der Waals surface area contributed by atoms with Gasteiger partial charge in [0.05, 0.1) is 0 Å². The molecule has 0 amide bonds. The van der Waals surface area contributed by atoms with Gasteiger partial charge in [0, 0.05) is 0 Å². The van der Waals surface area contributed by atoms with Crippen LogP contribution in [-0.2, 0) is 0 Å². The minimum atomic E-state index is -1.55. The Hall–Kier alpha value is 0.210. The molecule has 2 unspecified atom stereocenters. The van der Waals surface area contributed by atoms with E-state index in [9.17, 15) is 8.78 Å². The summed E-state index contributed by atoms with van der Waals surface area (Å²) >= 11 is 1.06. The molecular formula is C5H8F2S. The fraction of sp³-hybridized carbons (Fsp3) is 1.00. The lowest BCUT2D eigenvalue weighted by atomic mass is 10.1. The van der Waals surface area contributed by atoms with Gasteiger partial charge in [-0.15, -0.1) is 11.8 Å². The standard InChI is InChI=1S/C5H8F2S/c1-5(7)2-3-8-4(5)6/h4H,2-3H2,1H3. The van der Waals surface area contributed by atoms with E-state index in [-0.39, 0.29) is 0 Å². The highest BCUT2D eigenvalue weighted by Gasteiger charge is 2.39. The van der Waals surface area contributed by atoms with Crippen LogP contribution in [0.15, 0.2) is 0 Å². The summed E-state index contributed by atoms with van der Waals surface area (Å²) in [6, 6.07) is 0. The van der Waals surface area contributed by atoms with Crippen molar-refractivity contribution in [2.75, 3.05) is 5.75 Å². The summed E-state index contributed by atoms with van der Waals surface area (Å²) in [6.07, 6.45) is 0.360. The molecule has 8 heavy (non-hydrogen) atoms. The molecule has 0 aromatic carbocycles. The summed E-state index contributed by atoms with van der Waals surface area (Å²) in [5, 5.41) is 0. The zero-order valence-corrected chi connectivity index (χ0v) is 5.47. The largest absolute Gasteiger partial charge is 0.240 e. The van der Waals surface area contributed by atoms with Gasteiger partial charge in [-0.05, 0) is 19.1 Å². The molecule has 1 rings (SSSR count). The molecule has 0 saturated carbocycles. The van der Waals surface area contributed by atoms with Gasteiger partial charge >= 0.3 is 0 Å². The van der Waals surface area contributed by atoms with Gasteiger partial charge in [0.25, 0.3) is 0 Å². The predicted octanol–water partition coefficient (Wildman–Crippen LogP) is 2.15. The normalized spacial score (nSPS) is 47.6. The van der Waals surface area contributed by atoms with E-state index in [1.54, 1.807) is 0 Å². The van der Waals surface area contributed by atoms with E-state index in [2.05, 4.69) is 0 Å². The molecule has 1 aliphatic heterocycles. The summed E-state index contributed by atoms with van der Waals surface area (Å²) in [7, 11) is 0. The molecule has 3 heteroatoms. The second-order valence-electron chi connectivity index (χ2n) is 2.21. The van der Waals surface area contributed by atoms with Gasteiger partial charge in [-0.2, -0.15) is 0 Å². The molecule has 2 atom stereocenters. The molecule has 0 radical (unpaired) electrons. The van der Waals surface area contributed by atoms with Gasteiger partial charge in [0.15, 0.2) is 5.50 Å². The van der Waals surface area contributed by atoms with Gasteiger partial charge in [0.1, 0.15) is 5.67 Å². The first-order valence-electron chi connectivity index (χ1n) is 2.57. The first kappa shape index (κ1) is 6.33. The zero-order chi connectivity index (χ0) is 6.20. The van der Waals surface area contributed by atoms with E-state index in [1.165, 1.54) is 6.92 Å². The maximum atomic E-state index is 12.6. The van der Waals surface area contributed by atoms with Crippen LogP contribution in [0.4, 0.5) is 8.78 Å². The van der Waals surface area contributed by atoms with Gasteiger partial charge in [-0.3, -0.25) is 0 Å². The summed E-state index contributed by atoms with van der Waals surface area (Å²) in [6.45, 7) is 1.32. The first-order valence-corrected chi connectivity index (χ1v) is 3.62. The van der Waals surface area contributed by atoms with Crippen molar-refractivity contribution in [3.8, 4) is 0 Å². The van der Waals surface area contributed by atoms with Crippen LogP contribution >= 0.6 is 11.8 Å². The van der Waals surface area contributed by atoms with Gasteiger partial charge < -0.3 is 0 Å². The van der Waals surface area contributed by atoms with Crippen LogP contribution in [0.5, 0.6) is 0 Å². The van der Waals surface area contributed by atoms with Crippen LogP contribution in [-0.4, -0.2) is 16.9 Å². The number of hydrogen-bond donors (Lipinski definition) is 0. The SMILES string of the molecule is CC1(F)CCSC1F. The van der Waals surface area contributed by atoms with Crippen molar-refractivity contribution >= 4 is 11.8 Å². The molecule has 1 saturated heterocycles. The van der Waals surface area contributed by atoms with Crippen molar-refractivity contribution in [2.24, 2.45) is 0 Å². The van der Waals surface area contributed by atoms with Crippen LogP contribution in [0, 0.1) is 0 Å². The molecule has 1 aliphatic rings. The van der Waals surface area contributed by atoms with Crippen LogP contribution in [0.1, 0.15) is 13.3 Å². The maximum Gasteiger partial charge on any atom is 0.179 e. The number of alkyl halides is 2. The van der Waals surface area contributed by atoms with E-state index >= 15 is 0 Å². The highest BCUT2D eigenvalue weighted by atomic mass is 32.2. The first-order chi connectivity index (χ1) is 3.63. The molecule has 0 bridgehead atoms. The van der Waals surface area contributed by atoms with E-state index in [1.807, 2.05) is 0 Å². The van der Waals surface area contributed by atoms with Crippen LogP contribution in [0.3, 0.4) is 0 Å². The van der Waals surface area contributed by atoms with Gasteiger partial charge in [-0.1, -0.05) is 0 Å². The molecule has 0 N–H and O–H groups in total. The molecule has 0 nitrogen and oxygen atoms in total. The summed E-state index contributed by atoms with van der Waals surface area (Å²) < 4.78 is 24.9. The summed E-state index contributed by atoms with van der Waals surface area (Å²) in [5.41, 5.74) is -2.84. The Morgan fingerprint density at radius 1 is 1.75 bits per heavy atom. The molecule has 1 heterocycles. The maximum absolute atomic E-state index is 12.6. The smallest absolute Gasteiger partial charge is 0.179 e. The second-order valence-corrected chi connectivity index (χ2v) is 3.37. The van der Waals surface area contributed by atoms with Crippen molar-refractivity contribution in [3.05, 3.63) is 0 Å². The second kappa shape index (κ2) is 1.87. The number of thioether (sulfide) groups is 1. The Morgan fingerprint density at radius 3 is 2.50 bits per heavy atom. The van der Waals surface area contributed by atoms with Crippen LogP contribution in [0.25, 0.3) is 0 Å². The lowest BCUT2D eigenvalue weighted by Crippen LogP contribution is -2.22. The highest BCUT2D eigenvalue weighted by Crippen LogP contribution is 2.39. The Balaban J connectivity index is 2.54. The fourth-order valence-corrected chi connectivity index (χ4v) is 1.84. The monoisotopic (exact) mass is 138 g/mol. The highest BCUT2D eigenvalue weighted by molar-refractivity contribution is 8.00. The Labute approximate surface area is 51.6 Å². The van der Waals surface area contributed by atoms with Crippen LogP contribution < -0.4 is 0 Å². The number of hydrogen-bond acceptors (Lipinski definition) is 1. The molecule has 0 aromatic rings. The fourth-order valence-electron chi connectivity index (χ4n) is 0.649. The lowest BCUT2D eigenvalue weighted by molar-refractivity contribution is 0.128. The van der Waals surface area contributed by atoms with E-state index in [0.717, 1.165) is 11.8 Å². The summed E-state index contributed by atoms with van der Waals surface area (Å²) in [5.74, 6) is 0.619. The predicted molar refractivity (Wildman–Crippen MR) is 31.5 cm³/mol. The third-order valence-electron chi connectivity index (χ3n) is 1.33. The third kappa shape index (κ3) is 0.966. The quantitative estimate of drug-likeness (QED) is 0.494. The minimum absolute atomic E-state index is 0.360. The van der Waals surface area contributed by atoms with Crippen LogP contribution in [0.2, 0.25) is 0 Å². The van der Waals surface area contributed by atoms with Crippen molar-refractivity contribution < 1.29 is 8.78 Å². The minimum Gasteiger partial charge on any atom is -0.240 e. The molecule has 0 aromatic heterocycles. The van der Waals surface area contributed by atoms with E-state index < -0.39 is 11.2 Å². The van der Waals surface area contributed by atoms with Crippen molar-refractivity contribution in [3.63, 3.8) is 0 Å². The number of rotatable bonds is 0. The van der Waals surface area contributed by atoms with Crippen molar-refractivity contribution in [1.29, 1.82) is 0 Å². The molecule has 48 valence electrons. The third-order valence-corrected chi connectivity index (χ3v) is 2.55.